The molecule has 3 nitrogen and oxygen atoms in total. The van der Waals surface area contributed by atoms with Crippen LogP contribution < -0.4 is 0 Å². The highest BCUT2D eigenvalue weighted by molar-refractivity contribution is 8.16. The van der Waals surface area contributed by atoms with Gasteiger partial charge in [-0.3, -0.25) is 4.99 Å². The molecule has 18 heavy (non-hydrogen) atoms. The molecule has 2 aliphatic heterocycles. The normalized spacial score (nSPS) is 18.8. The third kappa shape index (κ3) is 1.58. The molecule has 0 aliphatic carbocycles. The van der Waals surface area contributed by atoms with Gasteiger partial charge >= 0.3 is 0 Å². The van der Waals surface area contributed by atoms with Gasteiger partial charge in [-0.2, -0.15) is 0 Å². The van der Waals surface area contributed by atoms with Crippen molar-refractivity contribution >= 4 is 44.2 Å². The maximum absolute atomic E-state index is 4.73. The van der Waals surface area contributed by atoms with E-state index in [-0.39, 0.29) is 0 Å². The van der Waals surface area contributed by atoms with Gasteiger partial charge in [0, 0.05) is 18.5 Å². The Morgan fingerprint density at radius 3 is 3.11 bits per heavy atom. The summed E-state index contributed by atoms with van der Waals surface area (Å²) in [6, 6.07) is 8.31. The van der Waals surface area contributed by atoms with Crippen molar-refractivity contribution in [3.8, 4) is 0 Å². The van der Waals surface area contributed by atoms with E-state index in [9.17, 15) is 0 Å². The summed E-state index contributed by atoms with van der Waals surface area (Å²) in [6.07, 6.45) is 1.13. The Morgan fingerprint density at radius 2 is 2.17 bits per heavy atom. The zero-order valence-electron chi connectivity index (χ0n) is 9.67. The van der Waals surface area contributed by atoms with E-state index in [1.807, 2.05) is 6.07 Å². The summed E-state index contributed by atoms with van der Waals surface area (Å²) >= 11 is 3.48. The number of thioether (sulfide) groups is 1. The van der Waals surface area contributed by atoms with Crippen LogP contribution in [0.1, 0.15) is 11.4 Å². The Morgan fingerprint density at radius 1 is 1.22 bits per heavy atom. The second kappa shape index (κ2) is 4.10. The van der Waals surface area contributed by atoms with Gasteiger partial charge in [0.05, 0.1) is 15.9 Å². The smallest absolute Gasteiger partial charge is 0.168 e. The van der Waals surface area contributed by atoms with Crippen LogP contribution in [-0.2, 0) is 0 Å². The molecule has 0 atom stereocenters. The molecule has 1 aromatic heterocycles. The molecule has 0 radical (unpaired) electrons. The lowest BCUT2D eigenvalue weighted by Gasteiger charge is -2.24. The highest BCUT2D eigenvalue weighted by Gasteiger charge is 2.27. The number of hydrogen-bond acceptors (Lipinski definition) is 5. The van der Waals surface area contributed by atoms with E-state index in [1.165, 1.54) is 10.4 Å². The SMILES string of the molecule is C1=C(c2nc3ccccc3s2)N2CCCN=C2S1. The Bertz CT molecular complexity index is 639. The second-order valence-electron chi connectivity index (χ2n) is 4.28. The summed E-state index contributed by atoms with van der Waals surface area (Å²) in [6.45, 7) is 2.02. The van der Waals surface area contributed by atoms with Crippen molar-refractivity contribution in [2.24, 2.45) is 4.99 Å². The van der Waals surface area contributed by atoms with Gasteiger partial charge < -0.3 is 4.90 Å². The molecule has 0 unspecified atom stereocenters. The lowest BCUT2D eigenvalue weighted by Crippen LogP contribution is -2.28. The molecule has 0 spiro atoms. The molecule has 2 aliphatic rings. The Labute approximate surface area is 113 Å². The number of hydrogen-bond donors (Lipinski definition) is 0. The molecule has 3 heterocycles. The van der Waals surface area contributed by atoms with Crippen molar-refractivity contribution in [1.82, 2.24) is 9.88 Å². The van der Waals surface area contributed by atoms with Gasteiger partial charge in [0.2, 0.25) is 0 Å². The lowest BCUT2D eigenvalue weighted by molar-refractivity contribution is 0.542. The van der Waals surface area contributed by atoms with Crippen LogP contribution in [0.15, 0.2) is 34.7 Å². The van der Waals surface area contributed by atoms with Crippen LogP contribution in [-0.4, -0.2) is 28.1 Å². The van der Waals surface area contributed by atoms with Crippen LogP contribution >= 0.6 is 23.1 Å². The van der Waals surface area contributed by atoms with Crippen molar-refractivity contribution in [3.05, 3.63) is 34.7 Å². The van der Waals surface area contributed by atoms with Gasteiger partial charge in [-0.05, 0) is 18.6 Å². The number of amidine groups is 1. The summed E-state index contributed by atoms with van der Waals surface area (Å²) in [5.74, 6) is 0. The first-order valence-corrected chi connectivity index (χ1v) is 7.66. The average Bonchev–Trinajstić information content (AvgIpc) is 3.02. The van der Waals surface area contributed by atoms with Crippen LogP contribution in [0.25, 0.3) is 15.9 Å². The van der Waals surface area contributed by atoms with Gasteiger partial charge in [0.15, 0.2) is 5.17 Å². The van der Waals surface area contributed by atoms with Crippen molar-refractivity contribution in [3.63, 3.8) is 0 Å². The third-order valence-electron chi connectivity index (χ3n) is 3.10. The Hall–Kier alpha value is -1.33. The first kappa shape index (κ1) is 10.6. The number of aromatic nitrogens is 1. The van der Waals surface area contributed by atoms with Crippen LogP contribution in [0.4, 0.5) is 0 Å². The topological polar surface area (TPSA) is 28.5 Å². The minimum absolute atomic E-state index is 0.958. The Kier molecular flexibility index (Phi) is 2.41. The summed E-state index contributed by atoms with van der Waals surface area (Å²) in [4.78, 5) is 11.6. The van der Waals surface area contributed by atoms with E-state index in [4.69, 9.17) is 4.98 Å². The second-order valence-corrected chi connectivity index (χ2v) is 6.14. The molecule has 0 bridgehead atoms. The highest BCUT2D eigenvalue weighted by atomic mass is 32.2. The van der Waals surface area contributed by atoms with E-state index in [0.29, 0.717) is 0 Å². The van der Waals surface area contributed by atoms with E-state index < -0.39 is 0 Å². The van der Waals surface area contributed by atoms with Gasteiger partial charge in [0.1, 0.15) is 5.01 Å². The van der Waals surface area contributed by atoms with Gasteiger partial charge in [-0.1, -0.05) is 23.9 Å². The first-order valence-electron chi connectivity index (χ1n) is 5.96. The molecular weight excluding hydrogens is 262 g/mol. The largest absolute Gasteiger partial charge is 0.318 e. The molecule has 0 fully saturated rings. The third-order valence-corrected chi connectivity index (χ3v) is 5.06. The highest BCUT2D eigenvalue weighted by Crippen LogP contribution is 2.37. The predicted octanol–water partition coefficient (Wildman–Crippen LogP) is 3.40. The fourth-order valence-electron chi connectivity index (χ4n) is 2.23. The van der Waals surface area contributed by atoms with Crippen LogP contribution in [0, 0.1) is 0 Å². The first-order chi connectivity index (χ1) is 8.92. The lowest BCUT2D eigenvalue weighted by atomic mass is 10.3. The van der Waals surface area contributed by atoms with Gasteiger partial charge in [-0.25, -0.2) is 4.98 Å². The molecule has 0 N–H and O–H groups in total. The van der Waals surface area contributed by atoms with Crippen molar-refractivity contribution in [1.29, 1.82) is 0 Å². The maximum atomic E-state index is 4.73. The Balaban J connectivity index is 1.79. The van der Waals surface area contributed by atoms with E-state index in [0.717, 1.165) is 35.2 Å². The minimum atomic E-state index is 0.958. The fraction of sp³-hybridized carbons (Fsp3) is 0.231. The number of rotatable bonds is 1. The summed E-state index contributed by atoms with van der Waals surface area (Å²) < 4.78 is 1.25. The van der Waals surface area contributed by atoms with E-state index in [2.05, 4.69) is 33.5 Å². The minimum Gasteiger partial charge on any atom is -0.318 e. The summed E-state index contributed by atoms with van der Waals surface area (Å²) in [5.41, 5.74) is 2.31. The van der Waals surface area contributed by atoms with Crippen molar-refractivity contribution in [2.75, 3.05) is 13.1 Å². The molecular formula is C13H11N3S2. The van der Waals surface area contributed by atoms with E-state index >= 15 is 0 Å². The standard InChI is InChI=1S/C13H11N3S2/c1-2-5-11-9(4-1)15-12(18-11)10-8-17-13-14-6-3-7-16(10)13/h1-2,4-5,8H,3,6-7H2. The molecule has 0 saturated heterocycles. The van der Waals surface area contributed by atoms with Crippen molar-refractivity contribution in [2.45, 2.75) is 6.42 Å². The number of para-hydroxylation sites is 1. The van der Waals surface area contributed by atoms with Crippen molar-refractivity contribution < 1.29 is 0 Å². The maximum Gasteiger partial charge on any atom is 0.168 e. The molecule has 4 rings (SSSR count). The zero-order valence-corrected chi connectivity index (χ0v) is 11.3. The van der Waals surface area contributed by atoms with Crippen LogP contribution in [0.5, 0.6) is 0 Å². The fourth-order valence-corrected chi connectivity index (χ4v) is 4.23. The average molecular weight is 273 g/mol. The van der Waals surface area contributed by atoms with Crippen LogP contribution in [0.2, 0.25) is 0 Å². The van der Waals surface area contributed by atoms with Gasteiger partial charge in [0.25, 0.3) is 0 Å². The molecule has 1 aromatic carbocycles. The summed E-state index contributed by atoms with van der Waals surface area (Å²) in [5, 5.41) is 4.42. The summed E-state index contributed by atoms with van der Waals surface area (Å²) in [7, 11) is 0. The van der Waals surface area contributed by atoms with Gasteiger partial charge in [-0.15, -0.1) is 11.3 Å². The van der Waals surface area contributed by atoms with E-state index in [1.54, 1.807) is 23.1 Å². The quantitative estimate of drug-likeness (QED) is 0.797. The molecule has 5 heteroatoms. The number of fused-ring (bicyclic) bond motifs is 2. The molecule has 0 amide bonds. The monoisotopic (exact) mass is 273 g/mol. The number of benzene rings is 1. The molecule has 90 valence electrons. The number of aliphatic imine (C=N–C) groups is 1. The predicted molar refractivity (Wildman–Crippen MR) is 78.8 cm³/mol. The number of thiazole rings is 1. The molecule has 2 aromatic rings. The molecule has 0 saturated carbocycles. The zero-order chi connectivity index (χ0) is 11.9. The number of nitrogens with zero attached hydrogens (tertiary/aromatic N) is 3. The van der Waals surface area contributed by atoms with Crippen LogP contribution in [0.3, 0.4) is 0 Å².